The van der Waals surface area contributed by atoms with Gasteiger partial charge in [-0.1, -0.05) is 11.6 Å². The van der Waals surface area contributed by atoms with Crippen molar-refractivity contribution in [3.05, 3.63) is 27.5 Å². The Morgan fingerprint density at radius 1 is 1.30 bits per heavy atom. The molecule has 0 radical (unpaired) electrons. The van der Waals surface area contributed by atoms with E-state index >= 15 is 0 Å². The number of aromatic amines is 1. The van der Waals surface area contributed by atoms with E-state index in [2.05, 4.69) is 30.8 Å². The summed E-state index contributed by atoms with van der Waals surface area (Å²) in [5.74, 6) is 1.33. The lowest BCUT2D eigenvalue weighted by atomic mass is 10.4. The molecule has 3 heterocycles. The Labute approximate surface area is 124 Å². The molecule has 104 valence electrons. The van der Waals surface area contributed by atoms with Gasteiger partial charge >= 0.3 is 0 Å². The first kappa shape index (κ1) is 13.1. The minimum Gasteiger partial charge on any atom is -0.364 e. The molecule has 0 spiro atoms. The molecule has 0 bridgehead atoms. The van der Waals surface area contributed by atoms with Crippen LogP contribution >= 0.6 is 22.9 Å². The molecule has 0 aromatic carbocycles. The fourth-order valence-corrected chi connectivity index (χ4v) is 2.85. The van der Waals surface area contributed by atoms with Crippen LogP contribution in [-0.2, 0) is 6.54 Å². The number of aromatic nitrogens is 4. The molecule has 8 heteroatoms. The molecule has 0 aliphatic heterocycles. The van der Waals surface area contributed by atoms with Crippen molar-refractivity contribution in [2.45, 2.75) is 13.5 Å². The molecule has 0 unspecified atom stereocenters. The first-order chi connectivity index (χ1) is 9.76. The Morgan fingerprint density at radius 2 is 2.20 bits per heavy atom. The van der Waals surface area contributed by atoms with Gasteiger partial charge in [0.05, 0.1) is 22.5 Å². The number of H-pyrrole nitrogens is 1. The largest absolute Gasteiger partial charge is 0.364 e. The van der Waals surface area contributed by atoms with Crippen LogP contribution in [0, 0.1) is 0 Å². The van der Waals surface area contributed by atoms with Crippen LogP contribution in [0.1, 0.15) is 11.8 Å². The fourth-order valence-electron chi connectivity index (χ4n) is 1.82. The zero-order chi connectivity index (χ0) is 13.9. The second-order valence-electron chi connectivity index (χ2n) is 4.12. The lowest BCUT2D eigenvalue weighted by Crippen LogP contribution is -2.06. The number of anilines is 2. The lowest BCUT2D eigenvalue weighted by molar-refractivity contribution is 1.06. The van der Waals surface area contributed by atoms with E-state index in [4.69, 9.17) is 11.6 Å². The summed E-state index contributed by atoms with van der Waals surface area (Å²) in [7, 11) is 0. The summed E-state index contributed by atoms with van der Waals surface area (Å²) >= 11 is 7.48. The van der Waals surface area contributed by atoms with Crippen LogP contribution < -0.4 is 10.6 Å². The second-order valence-corrected chi connectivity index (χ2v) is 5.92. The summed E-state index contributed by atoms with van der Waals surface area (Å²) < 4.78 is 0.784. The van der Waals surface area contributed by atoms with Gasteiger partial charge < -0.3 is 10.6 Å². The third-order valence-corrected chi connectivity index (χ3v) is 3.93. The van der Waals surface area contributed by atoms with Crippen LogP contribution in [0.5, 0.6) is 0 Å². The van der Waals surface area contributed by atoms with Crippen LogP contribution in [-0.4, -0.2) is 26.7 Å². The molecule has 0 fully saturated rings. The normalized spacial score (nSPS) is 10.9. The summed E-state index contributed by atoms with van der Waals surface area (Å²) in [6, 6.07) is 3.89. The van der Waals surface area contributed by atoms with Crippen molar-refractivity contribution in [2.75, 3.05) is 17.2 Å². The SMILES string of the molecule is CCNc1nc(NCc2ccc(Cl)s2)c2cn[nH]c2n1. The highest BCUT2D eigenvalue weighted by atomic mass is 35.5. The van der Waals surface area contributed by atoms with Gasteiger partial charge in [-0.2, -0.15) is 15.1 Å². The quantitative estimate of drug-likeness (QED) is 0.675. The summed E-state index contributed by atoms with van der Waals surface area (Å²) in [4.78, 5) is 9.96. The molecule has 0 saturated carbocycles. The maximum Gasteiger partial charge on any atom is 0.226 e. The van der Waals surface area contributed by atoms with Crippen molar-refractivity contribution in [1.29, 1.82) is 0 Å². The molecule has 20 heavy (non-hydrogen) atoms. The molecule has 0 aliphatic rings. The van der Waals surface area contributed by atoms with E-state index in [0.29, 0.717) is 18.1 Å². The minimum atomic E-state index is 0.580. The number of nitrogens with one attached hydrogen (secondary N) is 3. The number of halogens is 1. The van der Waals surface area contributed by atoms with Gasteiger partial charge in [-0.15, -0.1) is 11.3 Å². The van der Waals surface area contributed by atoms with Gasteiger partial charge in [0.15, 0.2) is 5.65 Å². The van der Waals surface area contributed by atoms with Crippen LogP contribution in [0.15, 0.2) is 18.3 Å². The highest BCUT2D eigenvalue weighted by molar-refractivity contribution is 7.16. The van der Waals surface area contributed by atoms with E-state index in [1.165, 1.54) is 0 Å². The maximum absolute atomic E-state index is 5.93. The van der Waals surface area contributed by atoms with Gasteiger partial charge in [-0.05, 0) is 19.1 Å². The van der Waals surface area contributed by atoms with Crippen molar-refractivity contribution in [3.63, 3.8) is 0 Å². The summed E-state index contributed by atoms with van der Waals surface area (Å²) in [6.07, 6.45) is 1.72. The third kappa shape index (κ3) is 2.68. The van der Waals surface area contributed by atoms with Crippen LogP contribution in [0.3, 0.4) is 0 Å². The Hall–Kier alpha value is -1.86. The average molecular weight is 309 g/mol. The van der Waals surface area contributed by atoms with Crippen molar-refractivity contribution >= 4 is 45.7 Å². The first-order valence-corrected chi connectivity index (χ1v) is 7.39. The van der Waals surface area contributed by atoms with E-state index in [1.54, 1.807) is 17.5 Å². The van der Waals surface area contributed by atoms with Crippen LogP contribution in [0.25, 0.3) is 11.0 Å². The van der Waals surface area contributed by atoms with Gasteiger partial charge in [0.1, 0.15) is 5.82 Å². The van der Waals surface area contributed by atoms with Gasteiger partial charge in [0.25, 0.3) is 0 Å². The monoisotopic (exact) mass is 308 g/mol. The molecule has 3 N–H and O–H groups in total. The predicted octanol–water partition coefficient (Wildman–Crippen LogP) is 3.11. The highest BCUT2D eigenvalue weighted by Crippen LogP contribution is 2.24. The van der Waals surface area contributed by atoms with E-state index in [0.717, 1.165) is 27.0 Å². The summed E-state index contributed by atoms with van der Waals surface area (Å²) in [5.41, 5.74) is 0.711. The summed E-state index contributed by atoms with van der Waals surface area (Å²) in [5, 5.41) is 14.1. The van der Waals surface area contributed by atoms with Gasteiger partial charge in [0, 0.05) is 11.4 Å². The number of nitrogens with zero attached hydrogens (tertiary/aromatic N) is 3. The number of thiophene rings is 1. The standard InChI is InChI=1S/C12H13ClN6S/c1-2-14-12-17-10(8-6-16-19-11(8)18-12)15-5-7-3-4-9(13)20-7/h3-4,6H,2,5H2,1H3,(H3,14,15,16,17,18,19). The smallest absolute Gasteiger partial charge is 0.226 e. The predicted molar refractivity (Wildman–Crippen MR) is 82.5 cm³/mol. The van der Waals surface area contributed by atoms with E-state index < -0.39 is 0 Å². The number of hydrogen-bond donors (Lipinski definition) is 3. The Bertz CT molecular complexity index is 722. The van der Waals surface area contributed by atoms with Gasteiger partial charge in [-0.25, -0.2) is 0 Å². The van der Waals surface area contributed by atoms with Crippen LogP contribution in [0.2, 0.25) is 4.34 Å². The molecule has 3 rings (SSSR count). The van der Waals surface area contributed by atoms with Crippen molar-refractivity contribution in [2.24, 2.45) is 0 Å². The number of fused-ring (bicyclic) bond motifs is 1. The van der Waals surface area contributed by atoms with Crippen molar-refractivity contribution < 1.29 is 0 Å². The molecule has 0 aliphatic carbocycles. The minimum absolute atomic E-state index is 0.580. The third-order valence-electron chi connectivity index (χ3n) is 2.70. The maximum atomic E-state index is 5.93. The van der Waals surface area contributed by atoms with Gasteiger partial charge in [0.2, 0.25) is 5.95 Å². The molecule has 0 atom stereocenters. The van der Waals surface area contributed by atoms with E-state index in [9.17, 15) is 0 Å². The molecular weight excluding hydrogens is 296 g/mol. The van der Waals surface area contributed by atoms with Gasteiger partial charge in [-0.3, -0.25) is 5.10 Å². The highest BCUT2D eigenvalue weighted by Gasteiger charge is 2.09. The van der Waals surface area contributed by atoms with Crippen molar-refractivity contribution in [3.8, 4) is 0 Å². The molecular formula is C12H13ClN6S. The lowest BCUT2D eigenvalue weighted by Gasteiger charge is -2.08. The molecule has 3 aromatic rings. The molecule has 0 amide bonds. The topological polar surface area (TPSA) is 78.5 Å². The first-order valence-electron chi connectivity index (χ1n) is 6.19. The Balaban J connectivity index is 1.87. The number of hydrogen-bond acceptors (Lipinski definition) is 6. The van der Waals surface area contributed by atoms with E-state index in [-0.39, 0.29) is 0 Å². The number of rotatable bonds is 5. The zero-order valence-corrected chi connectivity index (χ0v) is 12.3. The molecule has 3 aromatic heterocycles. The Morgan fingerprint density at radius 3 is 2.95 bits per heavy atom. The fraction of sp³-hybridized carbons (Fsp3) is 0.250. The summed E-state index contributed by atoms with van der Waals surface area (Å²) in [6.45, 7) is 3.43. The second kappa shape index (κ2) is 5.64. The molecule has 0 saturated heterocycles. The Kier molecular flexibility index (Phi) is 3.70. The van der Waals surface area contributed by atoms with Crippen molar-refractivity contribution in [1.82, 2.24) is 20.2 Å². The average Bonchev–Trinajstić information content (AvgIpc) is 3.05. The zero-order valence-electron chi connectivity index (χ0n) is 10.8. The van der Waals surface area contributed by atoms with E-state index in [1.807, 2.05) is 19.1 Å². The molecule has 6 nitrogen and oxygen atoms in total. The van der Waals surface area contributed by atoms with Crippen LogP contribution in [0.4, 0.5) is 11.8 Å².